The summed E-state index contributed by atoms with van der Waals surface area (Å²) in [5, 5.41) is 3.18. The molecule has 0 spiro atoms. The van der Waals surface area contributed by atoms with E-state index in [0.29, 0.717) is 6.04 Å². The van der Waals surface area contributed by atoms with E-state index in [-0.39, 0.29) is 0 Å². The van der Waals surface area contributed by atoms with Crippen LogP contribution in [0.15, 0.2) is 22.7 Å². The molecular formula is C11H15BrN2O. The van der Waals surface area contributed by atoms with Gasteiger partial charge < -0.3 is 15.0 Å². The summed E-state index contributed by atoms with van der Waals surface area (Å²) in [7, 11) is 4.07. The van der Waals surface area contributed by atoms with Crippen LogP contribution in [-0.4, -0.2) is 33.3 Å². The molecule has 1 atom stereocenters. The van der Waals surface area contributed by atoms with E-state index < -0.39 is 0 Å². The third-order valence-electron chi connectivity index (χ3n) is 2.72. The second-order valence-electron chi connectivity index (χ2n) is 3.75. The lowest BCUT2D eigenvalue weighted by atomic mass is 10.1. The molecule has 4 heteroatoms. The summed E-state index contributed by atoms with van der Waals surface area (Å²) in [6.07, 6.45) is 0. The molecule has 1 aliphatic heterocycles. The van der Waals surface area contributed by atoms with Gasteiger partial charge in [0.05, 0.1) is 11.7 Å². The van der Waals surface area contributed by atoms with Crippen LogP contribution in [0.5, 0.6) is 5.75 Å². The van der Waals surface area contributed by atoms with Gasteiger partial charge in [-0.1, -0.05) is 15.9 Å². The molecule has 0 amide bonds. The lowest BCUT2D eigenvalue weighted by molar-refractivity contribution is 0.264. The van der Waals surface area contributed by atoms with Crippen LogP contribution in [0.3, 0.4) is 0 Å². The van der Waals surface area contributed by atoms with Gasteiger partial charge in [-0.3, -0.25) is 0 Å². The first kappa shape index (κ1) is 10.8. The molecule has 1 N–H and O–H groups in total. The summed E-state index contributed by atoms with van der Waals surface area (Å²) < 4.78 is 6.79. The summed E-state index contributed by atoms with van der Waals surface area (Å²) in [5.74, 6) is 0.958. The SMILES string of the molecule is CNCC1COc2cc(Br)ccc2N1C. The Kier molecular flexibility index (Phi) is 3.17. The number of hydrogen-bond acceptors (Lipinski definition) is 3. The first-order chi connectivity index (χ1) is 7.22. The number of benzene rings is 1. The van der Waals surface area contributed by atoms with Gasteiger partial charge in [0, 0.05) is 18.1 Å². The lowest BCUT2D eigenvalue weighted by Gasteiger charge is -2.35. The molecule has 1 aromatic carbocycles. The predicted molar refractivity (Wildman–Crippen MR) is 65.8 cm³/mol. The number of nitrogens with zero attached hydrogens (tertiary/aromatic N) is 1. The van der Waals surface area contributed by atoms with Gasteiger partial charge in [0.25, 0.3) is 0 Å². The molecule has 1 unspecified atom stereocenters. The van der Waals surface area contributed by atoms with Crippen molar-refractivity contribution >= 4 is 21.6 Å². The van der Waals surface area contributed by atoms with Crippen molar-refractivity contribution in [2.45, 2.75) is 6.04 Å². The van der Waals surface area contributed by atoms with E-state index in [1.54, 1.807) is 0 Å². The molecule has 15 heavy (non-hydrogen) atoms. The number of rotatable bonds is 2. The van der Waals surface area contributed by atoms with Gasteiger partial charge >= 0.3 is 0 Å². The smallest absolute Gasteiger partial charge is 0.143 e. The second kappa shape index (κ2) is 4.41. The lowest BCUT2D eigenvalue weighted by Crippen LogP contribution is -2.46. The number of likely N-dealkylation sites (N-methyl/N-ethyl adjacent to an activating group) is 2. The van der Waals surface area contributed by atoms with Crippen LogP contribution in [0.4, 0.5) is 5.69 Å². The molecule has 0 aliphatic carbocycles. The highest BCUT2D eigenvalue weighted by molar-refractivity contribution is 9.10. The molecule has 0 saturated heterocycles. The van der Waals surface area contributed by atoms with Crippen LogP contribution < -0.4 is 15.0 Å². The Morgan fingerprint density at radius 3 is 3.13 bits per heavy atom. The van der Waals surface area contributed by atoms with Gasteiger partial charge in [0.15, 0.2) is 0 Å². The van der Waals surface area contributed by atoms with Gasteiger partial charge in [0.1, 0.15) is 12.4 Å². The minimum atomic E-state index is 0.406. The first-order valence-corrected chi connectivity index (χ1v) is 5.81. The fourth-order valence-corrected chi connectivity index (χ4v) is 2.16. The fourth-order valence-electron chi connectivity index (χ4n) is 1.82. The fraction of sp³-hybridized carbons (Fsp3) is 0.455. The number of anilines is 1. The molecule has 82 valence electrons. The first-order valence-electron chi connectivity index (χ1n) is 5.02. The Labute approximate surface area is 98.5 Å². The van der Waals surface area contributed by atoms with E-state index in [1.807, 2.05) is 19.2 Å². The number of halogens is 1. The highest BCUT2D eigenvalue weighted by atomic mass is 79.9. The van der Waals surface area contributed by atoms with Gasteiger partial charge in [-0.15, -0.1) is 0 Å². The van der Waals surface area contributed by atoms with Crippen molar-refractivity contribution in [3.63, 3.8) is 0 Å². The van der Waals surface area contributed by atoms with Crippen molar-refractivity contribution in [3.05, 3.63) is 22.7 Å². The molecule has 2 rings (SSSR count). The zero-order valence-corrected chi connectivity index (χ0v) is 10.5. The Morgan fingerprint density at radius 1 is 1.60 bits per heavy atom. The minimum Gasteiger partial charge on any atom is -0.489 e. The monoisotopic (exact) mass is 270 g/mol. The van der Waals surface area contributed by atoms with Crippen LogP contribution in [0.1, 0.15) is 0 Å². The number of nitrogens with one attached hydrogen (secondary N) is 1. The quantitative estimate of drug-likeness (QED) is 0.888. The molecular weight excluding hydrogens is 256 g/mol. The molecule has 1 aliphatic rings. The highest BCUT2D eigenvalue weighted by Crippen LogP contribution is 2.34. The highest BCUT2D eigenvalue weighted by Gasteiger charge is 2.23. The molecule has 1 heterocycles. The molecule has 0 radical (unpaired) electrons. The maximum absolute atomic E-state index is 5.73. The Morgan fingerprint density at radius 2 is 2.40 bits per heavy atom. The van der Waals surface area contributed by atoms with Crippen LogP contribution in [-0.2, 0) is 0 Å². The average molecular weight is 271 g/mol. The molecule has 0 aromatic heterocycles. The molecule has 0 saturated carbocycles. The van der Waals surface area contributed by atoms with E-state index in [0.717, 1.165) is 29.1 Å². The van der Waals surface area contributed by atoms with E-state index in [9.17, 15) is 0 Å². The van der Waals surface area contributed by atoms with Crippen LogP contribution >= 0.6 is 15.9 Å². The molecule has 0 bridgehead atoms. The van der Waals surface area contributed by atoms with Crippen LogP contribution in [0.25, 0.3) is 0 Å². The van der Waals surface area contributed by atoms with Gasteiger partial charge in [-0.05, 0) is 25.2 Å². The van der Waals surface area contributed by atoms with Gasteiger partial charge in [-0.25, -0.2) is 0 Å². The second-order valence-corrected chi connectivity index (χ2v) is 4.66. The van der Waals surface area contributed by atoms with Crippen LogP contribution in [0.2, 0.25) is 0 Å². The Balaban J connectivity index is 2.26. The van der Waals surface area contributed by atoms with Crippen molar-refractivity contribution in [2.24, 2.45) is 0 Å². The molecule has 0 fully saturated rings. The topological polar surface area (TPSA) is 24.5 Å². The summed E-state index contributed by atoms with van der Waals surface area (Å²) >= 11 is 3.45. The summed E-state index contributed by atoms with van der Waals surface area (Å²) in [6, 6.07) is 6.55. The normalized spacial score (nSPS) is 19.7. The molecule has 1 aromatic rings. The Bertz CT molecular complexity index is 356. The van der Waals surface area contributed by atoms with Crippen molar-refractivity contribution in [2.75, 3.05) is 32.1 Å². The third kappa shape index (κ3) is 2.11. The van der Waals surface area contributed by atoms with E-state index >= 15 is 0 Å². The van der Waals surface area contributed by atoms with Gasteiger partial charge in [-0.2, -0.15) is 0 Å². The predicted octanol–water partition coefficient (Wildman–Crippen LogP) is 1.87. The van der Waals surface area contributed by atoms with Crippen LogP contribution in [0, 0.1) is 0 Å². The standard InChI is InChI=1S/C11H15BrN2O/c1-13-6-9-7-15-11-5-8(12)3-4-10(11)14(9)2/h3-5,9,13H,6-7H2,1-2H3. The number of hydrogen-bond donors (Lipinski definition) is 1. The summed E-state index contributed by atoms with van der Waals surface area (Å²) in [5.41, 5.74) is 1.16. The number of ether oxygens (including phenoxy) is 1. The van der Waals surface area contributed by atoms with Crippen molar-refractivity contribution in [3.8, 4) is 5.75 Å². The Hall–Kier alpha value is -0.740. The maximum Gasteiger partial charge on any atom is 0.143 e. The van der Waals surface area contributed by atoms with Gasteiger partial charge in [0.2, 0.25) is 0 Å². The number of fused-ring (bicyclic) bond motifs is 1. The summed E-state index contributed by atoms with van der Waals surface area (Å²) in [6.45, 7) is 1.67. The summed E-state index contributed by atoms with van der Waals surface area (Å²) in [4.78, 5) is 2.27. The third-order valence-corrected chi connectivity index (χ3v) is 3.21. The van der Waals surface area contributed by atoms with E-state index in [4.69, 9.17) is 4.74 Å². The van der Waals surface area contributed by atoms with Crippen molar-refractivity contribution in [1.29, 1.82) is 0 Å². The zero-order valence-electron chi connectivity index (χ0n) is 8.96. The molecule has 3 nitrogen and oxygen atoms in total. The minimum absolute atomic E-state index is 0.406. The zero-order chi connectivity index (χ0) is 10.8. The van der Waals surface area contributed by atoms with Crippen molar-refractivity contribution < 1.29 is 4.74 Å². The van der Waals surface area contributed by atoms with Crippen molar-refractivity contribution in [1.82, 2.24) is 5.32 Å². The van der Waals surface area contributed by atoms with E-state index in [1.165, 1.54) is 0 Å². The van der Waals surface area contributed by atoms with E-state index in [2.05, 4.69) is 39.3 Å². The largest absolute Gasteiger partial charge is 0.489 e. The maximum atomic E-state index is 5.73. The average Bonchev–Trinajstić information content (AvgIpc) is 2.22.